The maximum atomic E-state index is 6.21. The summed E-state index contributed by atoms with van der Waals surface area (Å²) in [6, 6.07) is 4.63. The van der Waals surface area contributed by atoms with Gasteiger partial charge in [-0.25, -0.2) is 4.98 Å². The maximum absolute atomic E-state index is 6.21. The van der Waals surface area contributed by atoms with E-state index >= 15 is 0 Å². The minimum Gasteiger partial charge on any atom is -0.327 e. The van der Waals surface area contributed by atoms with E-state index in [4.69, 9.17) is 10.7 Å². The van der Waals surface area contributed by atoms with Crippen molar-refractivity contribution < 1.29 is 0 Å². The van der Waals surface area contributed by atoms with Gasteiger partial charge >= 0.3 is 0 Å². The van der Waals surface area contributed by atoms with Gasteiger partial charge in [-0.15, -0.1) is 0 Å². The molecule has 1 saturated heterocycles. The molecule has 3 unspecified atom stereocenters. The maximum Gasteiger partial charge on any atom is 0.137 e. The molecule has 3 heterocycles. The minimum absolute atomic E-state index is 0.425. The molecule has 4 nitrogen and oxygen atoms in total. The predicted molar refractivity (Wildman–Crippen MR) is 79.4 cm³/mol. The molecule has 2 N–H and O–H groups in total. The molecule has 0 bridgehead atoms. The van der Waals surface area contributed by atoms with Crippen LogP contribution in [0.3, 0.4) is 0 Å². The lowest BCUT2D eigenvalue weighted by Crippen LogP contribution is -2.30. The SMILES string of the molecule is Cc1ccc2nc(CN3CC4CCC(N)C4C3)cn2c1. The first-order valence-corrected chi connectivity index (χ1v) is 7.61. The van der Waals surface area contributed by atoms with Crippen LogP contribution in [0.5, 0.6) is 0 Å². The molecule has 4 heteroatoms. The highest BCUT2D eigenvalue weighted by Gasteiger charge is 2.40. The summed E-state index contributed by atoms with van der Waals surface area (Å²) in [5.41, 5.74) is 9.69. The van der Waals surface area contributed by atoms with Crippen LogP contribution in [-0.4, -0.2) is 33.4 Å². The van der Waals surface area contributed by atoms with Gasteiger partial charge in [0.25, 0.3) is 0 Å². The van der Waals surface area contributed by atoms with E-state index in [0.717, 1.165) is 24.7 Å². The number of hydrogen-bond acceptors (Lipinski definition) is 3. The van der Waals surface area contributed by atoms with Crippen LogP contribution in [0.15, 0.2) is 24.5 Å². The number of pyridine rings is 1. The van der Waals surface area contributed by atoms with E-state index in [1.807, 2.05) is 0 Å². The van der Waals surface area contributed by atoms with Gasteiger partial charge in [-0.2, -0.15) is 0 Å². The lowest BCUT2D eigenvalue weighted by atomic mass is 9.98. The monoisotopic (exact) mass is 270 g/mol. The van der Waals surface area contributed by atoms with Crippen LogP contribution in [0.2, 0.25) is 0 Å². The van der Waals surface area contributed by atoms with Crippen LogP contribution in [0, 0.1) is 18.8 Å². The van der Waals surface area contributed by atoms with Crippen molar-refractivity contribution in [1.29, 1.82) is 0 Å². The summed E-state index contributed by atoms with van der Waals surface area (Å²) in [7, 11) is 0. The highest BCUT2D eigenvalue weighted by molar-refractivity contribution is 5.41. The number of rotatable bonds is 2. The summed E-state index contributed by atoms with van der Waals surface area (Å²) in [6.07, 6.45) is 6.83. The van der Waals surface area contributed by atoms with Crippen LogP contribution in [0.4, 0.5) is 0 Å². The molecule has 0 amide bonds. The number of imidazole rings is 1. The molecule has 2 aromatic rings. The third-order valence-electron chi connectivity index (χ3n) is 5.02. The van der Waals surface area contributed by atoms with E-state index in [0.29, 0.717) is 12.0 Å². The summed E-state index contributed by atoms with van der Waals surface area (Å²) < 4.78 is 2.13. The fourth-order valence-electron chi connectivity index (χ4n) is 3.99. The van der Waals surface area contributed by atoms with Gasteiger partial charge in [0.15, 0.2) is 0 Å². The fourth-order valence-corrected chi connectivity index (χ4v) is 3.99. The average Bonchev–Trinajstić information content (AvgIpc) is 3.06. The lowest BCUT2D eigenvalue weighted by molar-refractivity contribution is 0.295. The van der Waals surface area contributed by atoms with E-state index in [1.165, 1.54) is 30.6 Å². The van der Waals surface area contributed by atoms with Crippen LogP contribution in [-0.2, 0) is 6.54 Å². The van der Waals surface area contributed by atoms with Gasteiger partial charge in [0.2, 0.25) is 0 Å². The van der Waals surface area contributed by atoms with Gasteiger partial charge in [-0.1, -0.05) is 6.07 Å². The molecule has 2 aliphatic rings. The van der Waals surface area contributed by atoms with Crippen molar-refractivity contribution in [2.24, 2.45) is 17.6 Å². The van der Waals surface area contributed by atoms with Crippen LogP contribution in [0.25, 0.3) is 5.65 Å². The zero-order chi connectivity index (χ0) is 13.7. The van der Waals surface area contributed by atoms with Gasteiger partial charge < -0.3 is 10.1 Å². The highest BCUT2D eigenvalue weighted by atomic mass is 15.2. The largest absolute Gasteiger partial charge is 0.327 e. The highest BCUT2D eigenvalue weighted by Crippen LogP contribution is 2.37. The van der Waals surface area contributed by atoms with Gasteiger partial charge in [0, 0.05) is 38.1 Å². The molecule has 0 spiro atoms. The van der Waals surface area contributed by atoms with Crippen molar-refractivity contribution in [1.82, 2.24) is 14.3 Å². The summed E-state index contributed by atoms with van der Waals surface area (Å²) in [6.45, 7) is 5.42. The Balaban J connectivity index is 1.51. The predicted octanol–water partition coefficient (Wildman–Crippen LogP) is 1.81. The Labute approximate surface area is 119 Å². The third-order valence-corrected chi connectivity index (χ3v) is 5.02. The van der Waals surface area contributed by atoms with Crippen molar-refractivity contribution in [2.45, 2.75) is 32.4 Å². The zero-order valence-corrected chi connectivity index (χ0v) is 12.0. The second-order valence-corrected chi connectivity index (χ2v) is 6.56. The first-order chi connectivity index (χ1) is 9.69. The smallest absolute Gasteiger partial charge is 0.137 e. The lowest BCUT2D eigenvalue weighted by Gasteiger charge is -2.16. The molecular weight excluding hydrogens is 248 g/mol. The molecule has 1 aliphatic carbocycles. The molecule has 4 rings (SSSR count). The molecule has 1 aliphatic heterocycles. The van der Waals surface area contributed by atoms with E-state index in [-0.39, 0.29) is 0 Å². The first-order valence-electron chi connectivity index (χ1n) is 7.61. The van der Waals surface area contributed by atoms with E-state index < -0.39 is 0 Å². The van der Waals surface area contributed by atoms with Crippen molar-refractivity contribution in [2.75, 3.05) is 13.1 Å². The molecule has 2 fully saturated rings. The summed E-state index contributed by atoms with van der Waals surface area (Å²) in [5, 5.41) is 0. The Hall–Kier alpha value is -1.39. The molecule has 0 radical (unpaired) electrons. The third kappa shape index (κ3) is 2.03. The molecule has 20 heavy (non-hydrogen) atoms. The van der Waals surface area contributed by atoms with Crippen LogP contribution < -0.4 is 5.73 Å². The van der Waals surface area contributed by atoms with Gasteiger partial charge in [-0.05, 0) is 43.2 Å². The number of likely N-dealkylation sites (tertiary alicyclic amines) is 1. The van der Waals surface area contributed by atoms with Gasteiger partial charge in [0.1, 0.15) is 5.65 Å². The normalized spacial score (nSPS) is 30.2. The van der Waals surface area contributed by atoms with Crippen molar-refractivity contribution in [3.8, 4) is 0 Å². The van der Waals surface area contributed by atoms with E-state index in [1.54, 1.807) is 0 Å². The van der Waals surface area contributed by atoms with Gasteiger partial charge in [-0.3, -0.25) is 4.90 Å². The Bertz CT molecular complexity index is 632. The molecular formula is C16H22N4. The molecule has 3 atom stereocenters. The topological polar surface area (TPSA) is 46.6 Å². The van der Waals surface area contributed by atoms with Crippen molar-refractivity contribution in [3.63, 3.8) is 0 Å². The molecule has 1 saturated carbocycles. The summed E-state index contributed by atoms with van der Waals surface area (Å²) in [4.78, 5) is 7.25. The average molecular weight is 270 g/mol. The van der Waals surface area contributed by atoms with Gasteiger partial charge in [0.05, 0.1) is 5.69 Å². The Morgan fingerprint density at radius 1 is 1.25 bits per heavy atom. The second kappa shape index (κ2) is 4.57. The first kappa shape index (κ1) is 12.4. The van der Waals surface area contributed by atoms with E-state index in [9.17, 15) is 0 Å². The zero-order valence-electron chi connectivity index (χ0n) is 12.0. The Kier molecular flexibility index (Phi) is 2.82. The quantitative estimate of drug-likeness (QED) is 0.905. The minimum atomic E-state index is 0.425. The standard InChI is InChI=1S/C16H22N4/c1-11-2-5-16-18-13(9-20(16)6-11)8-19-7-12-3-4-15(17)14(12)10-19/h2,5-6,9,12,14-15H,3-4,7-8,10,17H2,1H3. The summed E-state index contributed by atoms with van der Waals surface area (Å²) >= 11 is 0. The number of hydrogen-bond donors (Lipinski definition) is 1. The molecule has 106 valence electrons. The molecule has 2 aromatic heterocycles. The fraction of sp³-hybridized carbons (Fsp3) is 0.562. The number of fused-ring (bicyclic) bond motifs is 2. The van der Waals surface area contributed by atoms with Crippen molar-refractivity contribution >= 4 is 5.65 Å². The summed E-state index contributed by atoms with van der Waals surface area (Å²) in [5.74, 6) is 1.54. The Morgan fingerprint density at radius 3 is 3.00 bits per heavy atom. The number of nitrogens with two attached hydrogens (primary N) is 1. The number of nitrogens with zero attached hydrogens (tertiary/aromatic N) is 3. The van der Waals surface area contributed by atoms with Crippen LogP contribution in [0.1, 0.15) is 24.1 Å². The Morgan fingerprint density at radius 2 is 2.15 bits per heavy atom. The van der Waals surface area contributed by atoms with E-state index in [2.05, 4.69) is 40.8 Å². The number of aromatic nitrogens is 2. The molecule has 0 aromatic carbocycles. The van der Waals surface area contributed by atoms with Crippen LogP contribution >= 0.6 is 0 Å². The second-order valence-electron chi connectivity index (χ2n) is 6.56. The van der Waals surface area contributed by atoms with Crippen molar-refractivity contribution in [3.05, 3.63) is 35.8 Å². The number of aryl methyl sites for hydroxylation is 1.